The molecule has 4 rings (SSSR count). The Morgan fingerprint density at radius 2 is 1.67 bits per heavy atom. The molecule has 0 radical (unpaired) electrons. The number of nitrogens with one attached hydrogen (secondary N) is 1. The Hall–Kier alpha value is -4.21. The van der Waals surface area contributed by atoms with Crippen molar-refractivity contribution < 1.29 is 31.9 Å². The van der Waals surface area contributed by atoms with Crippen LogP contribution in [0.15, 0.2) is 48.5 Å². The number of benzene rings is 3. The van der Waals surface area contributed by atoms with Crippen LogP contribution in [-0.2, 0) is 23.3 Å². The van der Waals surface area contributed by atoms with Gasteiger partial charge in [-0.15, -0.1) is 0 Å². The van der Waals surface area contributed by atoms with Crippen LogP contribution >= 0.6 is 0 Å². The van der Waals surface area contributed by atoms with E-state index in [1.807, 2.05) is 0 Å². The lowest BCUT2D eigenvalue weighted by atomic mass is 9.86. The molecule has 186 valence electrons. The smallest absolute Gasteiger partial charge is 0.251 e. The van der Waals surface area contributed by atoms with E-state index in [4.69, 9.17) is 5.73 Å². The summed E-state index contributed by atoms with van der Waals surface area (Å²) in [6.45, 7) is 2.61. The average Bonchev–Trinajstić information content (AvgIpc) is 2.99. The molecule has 10 heteroatoms. The molecule has 3 amide bonds. The number of anilines is 1. The molecule has 3 aromatic rings. The normalized spacial score (nSPS) is 14.1. The minimum atomic E-state index is -1.14. The molecule has 0 fully saturated rings. The number of carbonyl (C=O) groups excluding carboxylic acids is 3. The van der Waals surface area contributed by atoms with Crippen molar-refractivity contribution in [2.24, 2.45) is 5.73 Å². The number of fused-ring (bicyclic) bond motifs is 1. The molecule has 0 atom stereocenters. The Kier molecular flexibility index (Phi) is 6.30. The molecule has 6 nitrogen and oxygen atoms in total. The molecule has 0 aliphatic carbocycles. The number of carbonyl (C=O) groups is 3. The second-order valence-corrected chi connectivity index (χ2v) is 8.92. The van der Waals surface area contributed by atoms with E-state index in [-0.39, 0.29) is 29.1 Å². The maximum Gasteiger partial charge on any atom is 0.251 e. The molecule has 0 unspecified atom stereocenters. The molecule has 1 aliphatic heterocycles. The molecule has 0 saturated carbocycles. The first-order valence-corrected chi connectivity index (χ1v) is 10.9. The van der Waals surface area contributed by atoms with Crippen molar-refractivity contribution in [1.82, 2.24) is 5.32 Å². The zero-order valence-corrected chi connectivity index (χ0v) is 19.3. The first-order chi connectivity index (χ1) is 16.9. The van der Waals surface area contributed by atoms with Crippen molar-refractivity contribution in [2.45, 2.75) is 32.4 Å². The number of hydrogen-bond donors (Lipinski definition) is 2. The number of nitrogens with two attached hydrogens (primary N) is 1. The van der Waals surface area contributed by atoms with E-state index >= 15 is 0 Å². The summed E-state index contributed by atoms with van der Waals surface area (Å²) in [7, 11) is 0. The molecular formula is C26H21F4N3O3. The summed E-state index contributed by atoms with van der Waals surface area (Å²) in [5.74, 6) is -6.20. The van der Waals surface area contributed by atoms with E-state index in [2.05, 4.69) is 5.32 Å². The van der Waals surface area contributed by atoms with Crippen LogP contribution in [0.25, 0.3) is 0 Å². The topological polar surface area (TPSA) is 92.5 Å². The van der Waals surface area contributed by atoms with Gasteiger partial charge in [0, 0.05) is 41.1 Å². The molecule has 1 aliphatic rings. The van der Waals surface area contributed by atoms with E-state index in [1.165, 1.54) is 35.2 Å². The molecule has 36 heavy (non-hydrogen) atoms. The van der Waals surface area contributed by atoms with Crippen molar-refractivity contribution >= 4 is 23.4 Å². The van der Waals surface area contributed by atoms with Gasteiger partial charge in [-0.25, -0.2) is 17.6 Å². The Labute approximate surface area is 203 Å². The number of rotatable bonds is 6. The Morgan fingerprint density at radius 3 is 2.31 bits per heavy atom. The summed E-state index contributed by atoms with van der Waals surface area (Å²) < 4.78 is 55.8. The lowest BCUT2D eigenvalue weighted by molar-refractivity contribution is -0.122. The maximum absolute atomic E-state index is 14.8. The third kappa shape index (κ3) is 4.30. The number of amides is 3. The third-order valence-electron chi connectivity index (χ3n) is 6.21. The van der Waals surface area contributed by atoms with E-state index < -0.39 is 52.6 Å². The highest BCUT2D eigenvalue weighted by atomic mass is 19.1. The highest BCUT2D eigenvalue weighted by molar-refractivity contribution is 6.09. The summed E-state index contributed by atoms with van der Waals surface area (Å²) in [5, 5.41) is 2.38. The molecule has 3 aromatic carbocycles. The van der Waals surface area contributed by atoms with Crippen molar-refractivity contribution in [2.75, 3.05) is 4.90 Å². The highest BCUT2D eigenvalue weighted by Gasteiger charge is 2.44. The van der Waals surface area contributed by atoms with E-state index in [0.717, 1.165) is 0 Å². The highest BCUT2D eigenvalue weighted by Crippen LogP contribution is 2.43. The van der Waals surface area contributed by atoms with Crippen LogP contribution in [0, 0.1) is 23.3 Å². The van der Waals surface area contributed by atoms with Crippen LogP contribution < -0.4 is 16.0 Å². The Morgan fingerprint density at radius 1 is 1.00 bits per heavy atom. The second-order valence-electron chi connectivity index (χ2n) is 8.92. The number of nitrogens with zero attached hydrogens (tertiary/aromatic N) is 1. The zero-order valence-electron chi connectivity index (χ0n) is 19.3. The fourth-order valence-corrected chi connectivity index (χ4v) is 4.22. The van der Waals surface area contributed by atoms with Gasteiger partial charge < -0.3 is 16.0 Å². The van der Waals surface area contributed by atoms with E-state index in [1.54, 1.807) is 19.9 Å². The van der Waals surface area contributed by atoms with Gasteiger partial charge in [0.25, 0.3) is 11.8 Å². The fraction of sp³-hybridized carbons (Fsp3) is 0.192. The molecule has 0 spiro atoms. The fourth-order valence-electron chi connectivity index (χ4n) is 4.22. The SMILES string of the molecule is CC1(C)C(=O)N(Cc2cccc(C(N)=O)c2F)c2cc(C(=O)NCc3c(F)cc(F)cc3F)ccc21. The quantitative estimate of drug-likeness (QED) is 0.501. The molecule has 0 bridgehead atoms. The van der Waals surface area contributed by atoms with Gasteiger partial charge in [-0.3, -0.25) is 14.4 Å². The lowest BCUT2D eigenvalue weighted by Crippen LogP contribution is -2.36. The van der Waals surface area contributed by atoms with E-state index in [9.17, 15) is 31.9 Å². The summed E-state index contributed by atoms with van der Waals surface area (Å²) in [4.78, 5) is 38.8. The van der Waals surface area contributed by atoms with Crippen LogP contribution in [0.2, 0.25) is 0 Å². The summed E-state index contributed by atoms with van der Waals surface area (Å²) in [6.07, 6.45) is 0. The van der Waals surface area contributed by atoms with Gasteiger partial charge in [-0.2, -0.15) is 0 Å². The molecular weight excluding hydrogens is 478 g/mol. The Bertz CT molecular complexity index is 1400. The predicted octanol–water partition coefficient (Wildman–Crippen LogP) is 4.10. The largest absolute Gasteiger partial charge is 0.366 e. The van der Waals surface area contributed by atoms with Gasteiger partial charge >= 0.3 is 0 Å². The summed E-state index contributed by atoms with van der Waals surface area (Å²) in [5.41, 5.74) is 4.49. The standard InChI is InChI=1S/C26H21F4N3O3/c1-26(2)18-7-6-13(24(35)32-11-17-19(28)9-15(27)10-20(17)29)8-21(18)33(25(26)36)12-14-4-3-5-16(22(14)30)23(31)34/h3-10H,11-12H2,1-2H3,(H2,31,34)(H,32,35). The second kappa shape index (κ2) is 9.10. The van der Waals surface area contributed by atoms with Crippen molar-refractivity contribution in [1.29, 1.82) is 0 Å². The van der Waals surface area contributed by atoms with Gasteiger partial charge in [0.05, 0.1) is 17.5 Å². The van der Waals surface area contributed by atoms with Crippen LogP contribution in [0.1, 0.15) is 51.3 Å². The van der Waals surface area contributed by atoms with Crippen molar-refractivity contribution in [3.05, 3.63) is 99.6 Å². The monoisotopic (exact) mass is 499 g/mol. The van der Waals surface area contributed by atoms with Crippen LogP contribution in [0.5, 0.6) is 0 Å². The van der Waals surface area contributed by atoms with Crippen LogP contribution in [0.3, 0.4) is 0 Å². The molecule has 0 aromatic heterocycles. The summed E-state index contributed by atoms with van der Waals surface area (Å²) >= 11 is 0. The van der Waals surface area contributed by atoms with Crippen molar-refractivity contribution in [3.8, 4) is 0 Å². The molecule has 1 heterocycles. The minimum absolute atomic E-state index is 0.0559. The number of hydrogen-bond acceptors (Lipinski definition) is 3. The maximum atomic E-state index is 14.8. The Balaban J connectivity index is 1.64. The van der Waals surface area contributed by atoms with Gasteiger partial charge in [-0.1, -0.05) is 18.2 Å². The first kappa shape index (κ1) is 24.9. The van der Waals surface area contributed by atoms with Gasteiger partial charge in [0.1, 0.15) is 23.3 Å². The summed E-state index contributed by atoms with van der Waals surface area (Å²) in [6, 6.07) is 9.58. The van der Waals surface area contributed by atoms with Crippen LogP contribution in [-0.4, -0.2) is 17.7 Å². The van der Waals surface area contributed by atoms with Gasteiger partial charge in [0.15, 0.2) is 0 Å². The molecule has 3 N–H and O–H groups in total. The first-order valence-electron chi connectivity index (χ1n) is 10.9. The minimum Gasteiger partial charge on any atom is -0.366 e. The molecule has 0 saturated heterocycles. The third-order valence-corrected chi connectivity index (χ3v) is 6.21. The average molecular weight is 499 g/mol. The lowest BCUT2D eigenvalue weighted by Gasteiger charge is -2.21. The number of halogens is 4. The van der Waals surface area contributed by atoms with Gasteiger partial charge in [0.2, 0.25) is 5.91 Å². The zero-order chi connectivity index (χ0) is 26.4. The van der Waals surface area contributed by atoms with Gasteiger partial charge in [-0.05, 0) is 37.6 Å². The predicted molar refractivity (Wildman–Crippen MR) is 123 cm³/mol. The van der Waals surface area contributed by atoms with E-state index in [0.29, 0.717) is 23.4 Å². The van der Waals surface area contributed by atoms with Crippen LogP contribution in [0.4, 0.5) is 23.2 Å². The van der Waals surface area contributed by atoms with Crippen molar-refractivity contribution in [3.63, 3.8) is 0 Å². The number of primary amides is 1.